The summed E-state index contributed by atoms with van der Waals surface area (Å²) in [5, 5.41) is 15.9. The molecule has 0 radical (unpaired) electrons. The third-order valence-electron chi connectivity index (χ3n) is 5.72. The van der Waals surface area contributed by atoms with E-state index in [4.69, 9.17) is 9.97 Å². The lowest BCUT2D eigenvalue weighted by atomic mass is 9.94. The van der Waals surface area contributed by atoms with E-state index in [1.54, 1.807) is 0 Å². The molecule has 7 nitrogen and oxygen atoms in total. The number of aliphatic hydroxyl groups excluding tert-OH is 1. The molecule has 1 aromatic carbocycles. The zero-order chi connectivity index (χ0) is 20.0. The summed E-state index contributed by atoms with van der Waals surface area (Å²) < 4.78 is 0. The maximum atomic E-state index is 12.4. The van der Waals surface area contributed by atoms with E-state index in [1.807, 2.05) is 31.2 Å². The molecule has 0 saturated carbocycles. The van der Waals surface area contributed by atoms with E-state index in [2.05, 4.69) is 27.8 Å². The number of aliphatic hydroxyl groups is 1. The quantitative estimate of drug-likeness (QED) is 0.505. The Morgan fingerprint density at radius 3 is 3.00 bits per heavy atom. The number of hydrogen-bond acceptors (Lipinski definition) is 5. The van der Waals surface area contributed by atoms with Gasteiger partial charge in [-0.2, -0.15) is 0 Å². The van der Waals surface area contributed by atoms with Gasteiger partial charge in [0.2, 0.25) is 0 Å². The van der Waals surface area contributed by atoms with E-state index < -0.39 is 0 Å². The van der Waals surface area contributed by atoms with Crippen LogP contribution in [0.2, 0.25) is 0 Å². The van der Waals surface area contributed by atoms with Gasteiger partial charge in [0.05, 0.1) is 16.8 Å². The van der Waals surface area contributed by atoms with E-state index in [-0.39, 0.29) is 24.5 Å². The number of para-hydroxylation sites is 1. The number of benzene rings is 1. The van der Waals surface area contributed by atoms with E-state index >= 15 is 0 Å². The van der Waals surface area contributed by atoms with E-state index in [0.29, 0.717) is 24.3 Å². The second kappa shape index (κ2) is 7.00. The molecule has 4 N–H and O–H groups in total. The van der Waals surface area contributed by atoms with Gasteiger partial charge in [-0.05, 0) is 31.9 Å². The molecule has 1 amide bonds. The molecule has 2 aliphatic rings. The van der Waals surface area contributed by atoms with Crippen molar-refractivity contribution in [2.75, 3.05) is 18.5 Å². The van der Waals surface area contributed by atoms with Crippen LogP contribution in [0.15, 0.2) is 36.4 Å². The number of hydrogen-bond donors (Lipinski definition) is 4. The molecule has 4 bridgehead atoms. The van der Waals surface area contributed by atoms with Gasteiger partial charge in [-0.15, -0.1) is 0 Å². The number of aromatic nitrogens is 3. The second-order valence-electron chi connectivity index (χ2n) is 7.68. The third kappa shape index (κ3) is 3.07. The Labute approximate surface area is 168 Å². The summed E-state index contributed by atoms with van der Waals surface area (Å²) >= 11 is 0. The summed E-state index contributed by atoms with van der Waals surface area (Å²) in [5.41, 5.74) is 5.87. The highest BCUT2D eigenvalue weighted by Crippen LogP contribution is 2.34. The smallest absolute Gasteiger partial charge is 0.253 e. The van der Waals surface area contributed by atoms with Crippen molar-refractivity contribution in [3.05, 3.63) is 53.4 Å². The second-order valence-corrected chi connectivity index (χ2v) is 7.68. The van der Waals surface area contributed by atoms with Gasteiger partial charge in [-0.3, -0.25) is 4.79 Å². The molecule has 0 fully saturated rings. The maximum Gasteiger partial charge on any atom is 0.253 e. The van der Waals surface area contributed by atoms with Crippen molar-refractivity contribution in [2.45, 2.75) is 31.7 Å². The number of aryl methyl sites for hydroxylation is 1. The lowest BCUT2D eigenvalue weighted by Gasteiger charge is -2.22. The highest BCUT2D eigenvalue weighted by molar-refractivity contribution is 6.00. The number of allylic oxidation sites excluding steroid dienone is 1. The van der Waals surface area contributed by atoms with Gasteiger partial charge in [-0.25, -0.2) is 9.97 Å². The zero-order valence-corrected chi connectivity index (χ0v) is 16.2. The number of anilines is 1. The molecule has 0 saturated heterocycles. The summed E-state index contributed by atoms with van der Waals surface area (Å²) in [5.74, 6) is 0.844. The number of amides is 1. The highest BCUT2D eigenvalue weighted by Gasteiger charge is 2.28. The summed E-state index contributed by atoms with van der Waals surface area (Å²) in [6.45, 7) is 2.62. The van der Waals surface area contributed by atoms with E-state index in [9.17, 15) is 9.90 Å². The Balaban J connectivity index is 1.75. The monoisotopic (exact) mass is 389 g/mol. The molecule has 0 aliphatic carbocycles. The van der Waals surface area contributed by atoms with Gasteiger partial charge in [0.25, 0.3) is 5.91 Å². The number of rotatable bonds is 2. The molecule has 3 aromatic rings. The van der Waals surface area contributed by atoms with E-state index in [1.165, 1.54) is 0 Å². The topological polar surface area (TPSA) is 103 Å². The van der Waals surface area contributed by atoms with Crippen LogP contribution >= 0.6 is 0 Å². The average molecular weight is 389 g/mol. The number of fused-ring (bicyclic) bond motifs is 3. The first-order valence-electron chi connectivity index (χ1n) is 9.97. The minimum Gasteiger partial charge on any atom is -0.396 e. The first kappa shape index (κ1) is 17.9. The average Bonchev–Trinajstić information content (AvgIpc) is 3.16. The van der Waals surface area contributed by atoms with E-state index in [0.717, 1.165) is 40.1 Å². The summed E-state index contributed by atoms with van der Waals surface area (Å²) in [6, 6.07) is 7.79. The molecule has 2 unspecified atom stereocenters. The largest absolute Gasteiger partial charge is 0.396 e. The molecular weight excluding hydrogens is 366 g/mol. The Morgan fingerprint density at radius 1 is 1.24 bits per heavy atom. The highest BCUT2D eigenvalue weighted by atomic mass is 16.3. The van der Waals surface area contributed by atoms with Crippen LogP contribution in [-0.2, 0) is 0 Å². The molecule has 148 valence electrons. The lowest BCUT2D eigenvalue weighted by Crippen LogP contribution is -2.34. The molecule has 5 rings (SSSR count). The molecule has 7 heteroatoms. The molecular formula is C22H23N5O2. The van der Waals surface area contributed by atoms with Crippen LogP contribution in [0.3, 0.4) is 0 Å². The van der Waals surface area contributed by atoms with Gasteiger partial charge < -0.3 is 20.7 Å². The fourth-order valence-electron chi connectivity index (χ4n) is 4.20. The van der Waals surface area contributed by atoms with Crippen LogP contribution in [0, 0.1) is 6.92 Å². The number of aromatic amines is 1. The lowest BCUT2D eigenvalue weighted by molar-refractivity contribution is 0.0940. The third-order valence-corrected chi connectivity index (χ3v) is 5.72. The van der Waals surface area contributed by atoms with Crippen LogP contribution in [0.4, 0.5) is 5.82 Å². The Kier molecular flexibility index (Phi) is 4.32. The van der Waals surface area contributed by atoms with Gasteiger partial charge in [0, 0.05) is 42.1 Å². The standard InChI is InChI=1S/C22H23N5O2/c1-12-21-25-14(8-9-28)5-2-4-13-11-23-22(29)16-10-18(26-19(13)16)15-6-3-7-17(24-12)20(15)27-21/h2-3,5-7,10,13-14,26,28H,4,8-9,11H2,1H3,(H,23,29)(H,25,27). The van der Waals surface area contributed by atoms with Crippen molar-refractivity contribution in [2.24, 2.45) is 0 Å². The number of carbonyl (C=O) groups excluding carboxylic acids is 1. The van der Waals surface area contributed by atoms with Crippen LogP contribution < -0.4 is 10.6 Å². The summed E-state index contributed by atoms with van der Waals surface area (Å²) in [4.78, 5) is 25.6. The summed E-state index contributed by atoms with van der Waals surface area (Å²) in [6.07, 6.45) is 5.57. The number of nitrogens with one attached hydrogen (secondary N) is 3. The van der Waals surface area contributed by atoms with Crippen molar-refractivity contribution in [3.8, 4) is 11.3 Å². The fourth-order valence-corrected chi connectivity index (χ4v) is 4.20. The fraction of sp³-hybridized carbons (Fsp3) is 0.318. The van der Waals surface area contributed by atoms with Crippen LogP contribution in [0.25, 0.3) is 22.3 Å². The number of H-pyrrole nitrogens is 1. The van der Waals surface area contributed by atoms with Gasteiger partial charge >= 0.3 is 0 Å². The molecule has 2 atom stereocenters. The Hall–Kier alpha value is -3.19. The number of carbonyl (C=O) groups is 1. The molecule has 2 aromatic heterocycles. The minimum atomic E-state index is -0.0469. The number of nitrogens with zero attached hydrogens (tertiary/aromatic N) is 2. The van der Waals surface area contributed by atoms with Crippen molar-refractivity contribution in [1.82, 2.24) is 20.3 Å². The van der Waals surface area contributed by atoms with Gasteiger partial charge in [0.15, 0.2) is 0 Å². The molecule has 4 heterocycles. The van der Waals surface area contributed by atoms with Crippen molar-refractivity contribution < 1.29 is 9.90 Å². The van der Waals surface area contributed by atoms with Crippen molar-refractivity contribution in [1.29, 1.82) is 0 Å². The van der Waals surface area contributed by atoms with Gasteiger partial charge in [0.1, 0.15) is 11.3 Å². The maximum absolute atomic E-state index is 12.4. The van der Waals surface area contributed by atoms with Crippen LogP contribution in [0.5, 0.6) is 0 Å². The zero-order valence-electron chi connectivity index (χ0n) is 16.2. The molecule has 0 spiro atoms. The van der Waals surface area contributed by atoms with Gasteiger partial charge in [-0.1, -0.05) is 24.3 Å². The predicted octanol–water partition coefficient (Wildman–Crippen LogP) is 2.88. The summed E-state index contributed by atoms with van der Waals surface area (Å²) in [7, 11) is 0. The molecule has 29 heavy (non-hydrogen) atoms. The van der Waals surface area contributed by atoms with Crippen LogP contribution in [0.1, 0.15) is 40.5 Å². The Bertz CT molecular complexity index is 1130. The predicted molar refractivity (Wildman–Crippen MR) is 112 cm³/mol. The minimum absolute atomic E-state index is 0.0440. The Morgan fingerprint density at radius 2 is 2.14 bits per heavy atom. The van der Waals surface area contributed by atoms with Crippen LogP contribution in [-0.4, -0.2) is 45.2 Å². The molecule has 2 aliphatic heterocycles. The SMILES string of the molecule is Cc1nc2cccc3c2nc1NC(CCO)C=CCC1CNC(=O)c2cc-3[nH]c21. The first-order valence-corrected chi connectivity index (χ1v) is 9.97. The van der Waals surface area contributed by atoms with Crippen molar-refractivity contribution >= 4 is 22.8 Å². The van der Waals surface area contributed by atoms with Crippen molar-refractivity contribution in [3.63, 3.8) is 0 Å². The first-order chi connectivity index (χ1) is 14.1. The normalized spacial score (nSPS) is 20.6.